The third-order valence-electron chi connectivity index (χ3n) is 8.15. The zero-order valence-electron chi connectivity index (χ0n) is 16.8. The largest absolute Gasteiger partial charge is 0.496 e. The summed E-state index contributed by atoms with van der Waals surface area (Å²) in [5.41, 5.74) is 2.73. The molecule has 2 aromatic carbocycles. The predicted molar refractivity (Wildman–Crippen MR) is 107 cm³/mol. The van der Waals surface area contributed by atoms with Crippen LogP contribution in [0.3, 0.4) is 0 Å². The highest BCUT2D eigenvalue weighted by Gasteiger charge is 2.71. The first kappa shape index (κ1) is 16.9. The van der Waals surface area contributed by atoms with Gasteiger partial charge < -0.3 is 18.9 Å². The van der Waals surface area contributed by atoms with Gasteiger partial charge in [0.2, 0.25) is 0 Å². The molecule has 0 radical (unpaired) electrons. The van der Waals surface area contributed by atoms with Crippen LogP contribution >= 0.6 is 0 Å². The number of benzene rings is 2. The Morgan fingerprint density at radius 2 is 1.21 bits per heavy atom. The lowest BCUT2D eigenvalue weighted by Crippen LogP contribution is -2.41. The number of methoxy groups -OCH3 is 4. The van der Waals surface area contributed by atoms with Gasteiger partial charge in [0.05, 0.1) is 14.2 Å². The van der Waals surface area contributed by atoms with Crippen LogP contribution in [0.25, 0.3) is 10.8 Å². The van der Waals surface area contributed by atoms with Crippen molar-refractivity contribution in [2.24, 2.45) is 23.7 Å². The quantitative estimate of drug-likeness (QED) is 0.447. The van der Waals surface area contributed by atoms with Crippen LogP contribution in [0.1, 0.15) is 29.4 Å². The summed E-state index contributed by atoms with van der Waals surface area (Å²) in [6, 6.07) is 8.45. The van der Waals surface area contributed by atoms with Gasteiger partial charge in [-0.15, -0.1) is 0 Å². The molecule has 6 unspecified atom stereocenters. The molecule has 0 N–H and O–H groups in total. The van der Waals surface area contributed by atoms with Gasteiger partial charge in [0.1, 0.15) is 11.5 Å². The van der Waals surface area contributed by atoms with E-state index < -0.39 is 5.79 Å². The fraction of sp³-hybridized carbons (Fsp3) is 0.500. The van der Waals surface area contributed by atoms with E-state index in [2.05, 4.69) is 36.4 Å². The van der Waals surface area contributed by atoms with Crippen molar-refractivity contribution in [3.63, 3.8) is 0 Å². The van der Waals surface area contributed by atoms with Crippen molar-refractivity contribution < 1.29 is 18.9 Å². The average molecular weight is 378 g/mol. The first-order valence-electron chi connectivity index (χ1n) is 10.2. The Labute approximate surface area is 165 Å². The van der Waals surface area contributed by atoms with Crippen LogP contribution in [0.2, 0.25) is 0 Å². The maximum atomic E-state index is 6.04. The molecule has 0 aromatic heterocycles. The third-order valence-corrected chi connectivity index (χ3v) is 8.15. The summed E-state index contributed by atoms with van der Waals surface area (Å²) in [7, 11) is 7.19. The summed E-state index contributed by atoms with van der Waals surface area (Å²) in [5, 5.41) is 2.29. The molecule has 4 heteroatoms. The Balaban J connectivity index is 1.62. The fourth-order valence-electron chi connectivity index (χ4n) is 7.46. The lowest BCUT2D eigenvalue weighted by atomic mass is 9.70. The summed E-state index contributed by atoms with van der Waals surface area (Å²) in [6.45, 7) is 0. The standard InChI is InChI=1S/C24H26O4/c1-25-22-12-7-5-6-8-13(12)23(26-2)21-15-11-14(20(21)22)18-16-9-10-17(19(15)18)24(16,27-3)28-4/h5-10,14-19H,11H2,1-4H3. The van der Waals surface area contributed by atoms with Crippen molar-refractivity contribution in [3.05, 3.63) is 47.5 Å². The Morgan fingerprint density at radius 3 is 1.61 bits per heavy atom. The van der Waals surface area contributed by atoms with Crippen LogP contribution < -0.4 is 9.47 Å². The zero-order chi connectivity index (χ0) is 19.2. The summed E-state index contributed by atoms with van der Waals surface area (Å²) in [4.78, 5) is 0. The number of hydrogen-bond donors (Lipinski definition) is 0. The van der Waals surface area contributed by atoms with E-state index in [9.17, 15) is 0 Å². The molecule has 28 heavy (non-hydrogen) atoms. The molecule has 0 amide bonds. The average Bonchev–Trinajstić information content (AvgIpc) is 3.47. The van der Waals surface area contributed by atoms with E-state index in [0.29, 0.717) is 35.5 Å². The molecule has 6 rings (SSSR count). The van der Waals surface area contributed by atoms with Crippen LogP contribution in [0.5, 0.6) is 11.5 Å². The van der Waals surface area contributed by atoms with E-state index >= 15 is 0 Å². The highest BCUT2D eigenvalue weighted by Crippen LogP contribution is 2.75. The molecule has 4 bridgehead atoms. The molecular formula is C24H26O4. The molecule has 2 saturated carbocycles. The Kier molecular flexibility index (Phi) is 3.33. The summed E-state index contributed by atoms with van der Waals surface area (Å²) in [6.07, 6.45) is 5.85. The van der Waals surface area contributed by atoms with Gasteiger partial charge >= 0.3 is 0 Å². The molecule has 6 atom stereocenters. The first-order chi connectivity index (χ1) is 13.7. The van der Waals surface area contributed by atoms with Gasteiger partial charge in [0.15, 0.2) is 5.79 Å². The predicted octanol–water partition coefficient (Wildman–Crippen LogP) is 4.48. The van der Waals surface area contributed by atoms with Gasteiger partial charge in [0.25, 0.3) is 0 Å². The van der Waals surface area contributed by atoms with Gasteiger partial charge in [-0.05, 0) is 30.1 Å². The molecular weight excluding hydrogens is 352 g/mol. The second-order valence-corrected chi connectivity index (χ2v) is 8.61. The topological polar surface area (TPSA) is 36.9 Å². The van der Waals surface area contributed by atoms with E-state index in [1.54, 1.807) is 28.4 Å². The summed E-state index contributed by atoms with van der Waals surface area (Å²) in [5.74, 6) is 4.12. The highest BCUT2D eigenvalue weighted by molar-refractivity contribution is 5.97. The minimum absolute atomic E-state index is 0.294. The van der Waals surface area contributed by atoms with E-state index in [-0.39, 0.29) is 0 Å². The minimum Gasteiger partial charge on any atom is -0.496 e. The number of rotatable bonds is 4. The molecule has 2 fully saturated rings. The molecule has 0 saturated heterocycles. The maximum Gasteiger partial charge on any atom is 0.180 e. The van der Waals surface area contributed by atoms with Crippen molar-refractivity contribution in [1.29, 1.82) is 0 Å². The van der Waals surface area contributed by atoms with Crippen LogP contribution in [-0.4, -0.2) is 34.2 Å². The number of fused-ring (bicyclic) bond motifs is 13. The van der Waals surface area contributed by atoms with Crippen LogP contribution in [-0.2, 0) is 9.47 Å². The second kappa shape index (κ2) is 5.52. The number of hydrogen-bond acceptors (Lipinski definition) is 4. The van der Waals surface area contributed by atoms with E-state index in [0.717, 1.165) is 22.3 Å². The van der Waals surface area contributed by atoms with E-state index in [1.807, 2.05) is 0 Å². The zero-order valence-corrected chi connectivity index (χ0v) is 16.8. The lowest BCUT2D eigenvalue weighted by molar-refractivity contribution is -0.235. The Bertz CT molecular complexity index is 931. The molecule has 4 nitrogen and oxygen atoms in total. The number of ether oxygens (including phenoxy) is 4. The van der Waals surface area contributed by atoms with Crippen molar-refractivity contribution in [2.75, 3.05) is 28.4 Å². The van der Waals surface area contributed by atoms with Crippen LogP contribution in [0, 0.1) is 23.7 Å². The molecule has 0 heterocycles. The van der Waals surface area contributed by atoms with Gasteiger partial charge in [-0.25, -0.2) is 0 Å². The molecule has 0 aliphatic heterocycles. The van der Waals surface area contributed by atoms with Gasteiger partial charge in [0, 0.05) is 48.0 Å². The molecule has 2 aromatic rings. The smallest absolute Gasteiger partial charge is 0.180 e. The first-order valence-corrected chi connectivity index (χ1v) is 10.2. The lowest BCUT2D eigenvalue weighted by Gasteiger charge is -2.34. The normalized spacial score (nSPS) is 35.4. The molecule has 4 aliphatic carbocycles. The van der Waals surface area contributed by atoms with Crippen LogP contribution in [0.4, 0.5) is 0 Å². The monoisotopic (exact) mass is 378 g/mol. The van der Waals surface area contributed by atoms with Gasteiger partial charge in [-0.3, -0.25) is 0 Å². The van der Waals surface area contributed by atoms with Crippen LogP contribution in [0.15, 0.2) is 36.4 Å². The highest BCUT2D eigenvalue weighted by atomic mass is 16.7. The van der Waals surface area contributed by atoms with Crippen molar-refractivity contribution in [2.45, 2.75) is 24.0 Å². The second-order valence-electron chi connectivity index (χ2n) is 8.61. The van der Waals surface area contributed by atoms with Crippen molar-refractivity contribution in [3.8, 4) is 11.5 Å². The minimum atomic E-state index is -0.520. The van der Waals surface area contributed by atoms with Crippen molar-refractivity contribution in [1.82, 2.24) is 0 Å². The van der Waals surface area contributed by atoms with Gasteiger partial charge in [-0.2, -0.15) is 0 Å². The maximum absolute atomic E-state index is 6.04. The van der Waals surface area contributed by atoms with E-state index in [4.69, 9.17) is 18.9 Å². The SMILES string of the molecule is COc1c2c(c(OC)c3ccccc13)C1CC2C2C1C1C=CC2C1(OC)OC. The molecule has 4 aliphatic rings. The molecule has 0 spiro atoms. The summed E-state index contributed by atoms with van der Waals surface area (Å²) < 4.78 is 24.1. The third kappa shape index (κ3) is 1.63. The Hall–Kier alpha value is -2.04. The van der Waals surface area contributed by atoms with E-state index in [1.165, 1.54) is 17.5 Å². The van der Waals surface area contributed by atoms with Gasteiger partial charge in [-0.1, -0.05) is 36.4 Å². The Morgan fingerprint density at radius 1 is 0.750 bits per heavy atom. The summed E-state index contributed by atoms with van der Waals surface area (Å²) >= 11 is 0. The van der Waals surface area contributed by atoms with Crippen molar-refractivity contribution >= 4 is 10.8 Å². The fourth-order valence-corrected chi connectivity index (χ4v) is 7.46. The molecule has 146 valence electrons.